The second kappa shape index (κ2) is 7.13. The fraction of sp³-hybridized carbons (Fsp3) is 0.692. The summed E-state index contributed by atoms with van der Waals surface area (Å²) < 4.78 is 5.47. The molecular formula is C13H24N4O2. The van der Waals surface area contributed by atoms with Crippen molar-refractivity contribution >= 4 is 11.5 Å². The molecule has 0 amide bonds. The molecule has 108 valence electrons. The fourth-order valence-corrected chi connectivity index (χ4v) is 1.65. The lowest BCUT2D eigenvalue weighted by molar-refractivity contribution is 0.251. The van der Waals surface area contributed by atoms with Crippen LogP contribution in [0.1, 0.15) is 40.0 Å². The SMILES string of the molecule is CCCOc1ncnc(NC(C)(CC)CCO)c1N. The van der Waals surface area contributed by atoms with E-state index >= 15 is 0 Å². The Morgan fingerprint density at radius 3 is 2.74 bits per heavy atom. The quantitative estimate of drug-likeness (QED) is 0.666. The fourth-order valence-electron chi connectivity index (χ4n) is 1.65. The number of nitrogens with one attached hydrogen (secondary N) is 1. The van der Waals surface area contributed by atoms with Crippen LogP contribution < -0.4 is 15.8 Å². The predicted octanol–water partition coefficient (Wildman–Crippen LogP) is 1.81. The Kier molecular flexibility index (Phi) is 5.82. The Labute approximate surface area is 114 Å². The number of anilines is 2. The van der Waals surface area contributed by atoms with Crippen LogP contribution in [0, 0.1) is 0 Å². The molecule has 4 N–H and O–H groups in total. The first-order valence-corrected chi connectivity index (χ1v) is 6.68. The zero-order valence-electron chi connectivity index (χ0n) is 11.9. The number of ether oxygens (including phenoxy) is 1. The number of aliphatic hydroxyl groups excluding tert-OH is 1. The van der Waals surface area contributed by atoms with Gasteiger partial charge in [-0.05, 0) is 26.2 Å². The van der Waals surface area contributed by atoms with Crippen LogP contribution in [-0.2, 0) is 0 Å². The van der Waals surface area contributed by atoms with E-state index in [0.29, 0.717) is 30.4 Å². The van der Waals surface area contributed by atoms with Crippen molar-refractivity contribution in [3.8, 4) is 5.88 Å². The molecule has 1 aromatic heterocycles. The van der Waals surface area contributed by atoms with E-state index in [1.165, 1.54) is 6.33 Å². The number of nitrogens with two attached hydrogens (primary N) is 1. The minimum Gasteiger partial charge on any atom is -0.476 e. The Hall–Kier alpha value is -1.56. The Bertz CT molecular complexity index is 400. The molecule has 0 saturated heterocycles. The molecule has 0 aliphatic carbocycles. The minimum atomic E-state index is -0.251. The lowest BCUT2D eigenvalue weighted by Crippen LogP contribution is -2.35. The van der Waals surface area contributed by atoms with Crippen molar-refractivity contribution in [1.82, 2.24) is 9.97 Å². The summed E-state index contributed by atoms with van der Waals surface area (Å²) >= 11 is 0. The second-order valence-corrected chi connectivity index (χ2v) is 4.80. The molecule has 1 atom stereocenters. The van der Waals surface area contributed by atoms with Gasteiger partial charge in [0.15, 0.2) is 5.82 Å². The lowest BCUT2D eigenvalue weighted by Gasteiger charge is -2.30. The van der Waals surface area contributed by atoms with Gasteiger partial charge < -0.3 is 20.9 Å². The molecule has 1 unspecified atom stereocenters. The normalized spacial score (nSPS) is 13.9. The van der Waals surface area contributed by atoms with Crippen LogP contribution in [0.2, 0.25) is 0 Å². The average Bonchev–Trinajstić information content (AvgIpc) is 2.40. The van der Waals surface area contributed by atoms with Crippen LogP contribution in [0.5, 0.6) is 5.88 Å². The van der Waals surface area contributed by atoms with Gasteiger partial charge in [0.25, 0.3) is 0 Å². The van der Waals surface area contributed by atoms with Crippen LogP contribution in [-0.4, -0.2) is 33.8 Å². The minimum absolute atomic E-state index is 0.113. The van der Waals surface area contributed by atoms with Crippen molar-refractivity contribution in [1.29, 1.82) is 0 Å². The molecule has 0 radical (unpaired) electrons. The summed E-state index contributed by atoms with van der Waals surface area (Å²) in [6, 6.07) is 0. The van der Waals surface area contributed by atoms with E-state index in [-0.39, 0.29) is 12.1 Å². The first kappa shape index (κ1) is 15.5. The van der Waals surface area contributed by atoms with E-state index in [1.54, 1.807) is 0 Å². The van der Waals surface area contributed by atoms with Crippen LogP contribution >= 0.6 is 0 Å². The second-order valence-electron chi connectivity index (χ2n) is 4.80. The van der Waals surface area contributed by atoms with Gasteiger partial charge in [0.05, 0.1) is 6.61 Å². The molecule has 1 heterocycles. The lowest BCUT2D eigenvalue weighted by atomic mass is 9.95. The van der Waals surface area contributed by atoms with Crippen molar-refractivity contribution < 1.29 is 9.84 Å². The molecule has 0 aliphatic rings. The van der Waals surface area contributed by atoms with Gasteiger partial charge in [0.2, 0.25) is 5.88 Å². The van der Waals surface area contributed by atoms with Gasteiger partial charge in [-0.25, -0.2) is 4.98 Å². The Morgan fingerprint density at radius 1 is 1.42 bits per heavy atom. The third-order valence-electron chi connectivity index (χ3n) is 3.15. The van der Waals surface area contributed by atoms with Crippen LogP contribution in [0.15, 0.2) is 6.33 Å². The first-order chi connectivity index (χ1) is 9.06. The van der Waals surface area contributed by atoms with E-state index < -0.39 is 0 Å². The van der Waals surface area contributed by atoms with Crippen molar-refractivity contribution in [2.45, 2.75) is 45.6 Å². The number of rotatable bonds is 8. The molecule has 0 saturated carbocycles. The van der Waals surface area contributed by atoms with Gasteiger partial charge in [-0.3, -0.25) is 0 Å². The highest BCUT2D eigenvalue weighted by Gasteiger charge is 2.23. The highest BCUT2D eigenvalue weighted by molar-refractivity contribution is 5.67. The van der Waals surface area contributed by atoms with Gasteiger partial charge in [-0.1, -0.05) is 13.8 Å². The number of nitrogens with zero attached hydrogens (tertiary/aromatic N) is 2. The van der Waals surface area contributed by atoms with E-state index in [2.05, 4.69) is 22.2 Å². The summed E-state index contributed by atoms with van der Waals surface area (Å²) in [5.74, 6) is 0.959. The molecule has 1 rings (SSSR count). The predicted molar refractivity (Wildman–Crippen MR) is 76.3 cm³/mol. The third kappa shape index (κ3) is 4.24. The van der Waals surface area contributed by atoms with Crippen molar-refractivity contribution in [3.63, 3.8) is 0 Å². The standard InChI is InChI=1S/C13H24N4O2/c1-4-8-19-12-10(14)11(15-9-16-12)17-13(3,5-2)6-7-18/h9,18H,4-8,14H2,1-3H3,(H,15,16,17). The molecular weight excluding hydrogens is 244 g/mol. The van der Waals surface area contributed by atoms with Crippen LogP contribution in [0.3, 0.4) is 0 Å². The van der Waals surface area contributed by atoms with Crippen molar-refractivity contribution in [3.05, 3.63) is 6.33 Å². The molecule has 0 fully saturated rings. The molecule has 0 aromatic carbocycles. The van der Waals surface area contributed by atoms with Crippen molar-refractivity contribution in [2.24, 2.45) is 0 Å². The maximum atomic E-state index is 9.12. The highest BCUT2D eigenvalue weighted by atomic mass is 16.5. The molecule has 0 spiro atoms. The third-order valence-corrected chi connectivity index (χ3v) is 3.15. The van der Waals surface area contributed by atoms with Crippen molar-refractivity contribution in [2.75, 3.05) is 24.3 Å². The summed E-state index contributed by atoms with van der Waals surface area (Å²) in [6.07, 6.45) is 3.79. The van der Waals surface area contributed by atoms with E-state index in [4.69, 9.17) is 15.6 Å². The van der Waals surface area contributed by atoms with Gasteiger partial charge in [-0.15, -0.1) is 0 Å². The maximum absolute atomic E-state index is 9.12. The smallest absolute Gasteiger partial charge is 0.242 e. The van der Waals surface area contributed by atoms with E-state index in [9.17, 15) is 0 Å². The maximum Gasteiger partial charge on any atom is 0.242 e. The molecule has 0 bridgehead atoms. The molecule has 6 nitrogen and oxygen atoms in total. The summed E-state index contributed by atoms with van der Waals surface area (Å²) in [6.45, 7) is 6.78. The zero-order chi connectivity index (χ0) is 14.3. The van der Waals surface area contributed by atoms with E-state index in [0.717, 1.165) is 12.8 Å². The summed E-state index contributed by atoms with van der Waals surface area (Å²) in [4.78, 5) is 8.18. The number of nitrogen functional groups attached to an aromatic ring is 1. The van der Waals surface area contributed by atoms with E-state index in [1.807, 2.05) is 13.8 Å². The number of hydrogen-bond acceptors (Lipinski definition) is 6. The summed E-state index contributed by atoms with van der Waals surface area (Å²) in [7, 11) is 0. The van der Waals surface area contributed by atoms with Crippen LogP contribution in [0.25, 0.3) is 0 Å². The van der Waals surface area contributed by atoms with Crippen LogP contribution in [0.4, 0.5) is 11.5 Å². The molecule has 19 heavy (non-hydrogen) atoms. The number of hydrogen-bond donors (Lipinski definition) is 3. The van der Waals surface area contributed by atoms with Gasteiger partial charge in [0, 0.05) is 12.1 Å². The summed E-state index contributed by atoms with van der Waals surface area (Å²) in [5, 5.41) is 12.4. The first-order valence-electron chi connectivity index (χ1n) is 6.68. The number of aromatic nitrogens is 2. The zero-order valence-corrected chi connectivity index (χ0v) is 11.9. The van der Waals surface area contributed by atoms with Gasteiger partial charge in [0.1, 0.15) is 12.0 Å². The highest BCUT2D eigenvalue weighted by Crippen LogP contribution is 2.29. The molecule has 6 heteroatoms. The van der Waals surface area contributed by atoms with Gasteiger partial charge in [-0.2, -0.15) is 4.98 Å². The largest absolute Gasteiger partial charge is 0.476 e. The average molecular weight is 268 g/mol. The molecule has 1 aromatic rings. The monoisotopic (exact) mass is 268 g/mol. The van der Waals surface area contributed by atoms with Gasteiger partial charge >= 0.3 is 0 Å². The Morgan fingerprint density at radius 2 is 2.16 bits per heavy atom. The molecule has 0 aliphatic heterocycles. The number of aliphatic hydroxyl groups is 1. The Balaban J connectivity index is 2.88. The topological polar surface area (TPSA) is 93.3 Å². The summed E-state index contributed by atoms with van der Waals surface area (Å²) in [5.41, 5.74) is 6.17.